The molecule has 2 N–H and O–H groups in total. The van der Waals surface area contributed by atoms with Gasteiger partial charge in [-0.1, -0.05) is 19.8 Å². The molecular formula is C15H33N3. The van der Waals surface area contributed by atoms with Crippen LogP contribution in [0.5, 0.6) is 0 Å². The van der Waals surface area contributed by atoms with E-state index in [2.05, 4.69) is 37.6 Å². The molecule has 1 aliphatic heterocycles. The van der Waals surface area contributed by atoms with Gasteiger partial charge in [0.15, 0.2) is 0 Å². The third-order valence-electron chi connectivity index (χ3n) is 4.75. The van der Waals surface area contributed by atoms with Crippen molar-refractivity contribution in [2.24, 2.45) is 5.73 Å². The predicted octanol–water partition coefficient (Wildman–Crippen LogP) is 2.31. The number of nitrogens with two attached hydrogens (primary N) is 1. The smallest absolute Gasteiger partial charge is 0.0353 e. The number of hydrogen-bond acceptors (Lipinski definition) is 3. The first kappa shape index (κ1) is 15.9. The van der Waals surface area contributed by atoms with E-state index in [-0.39, 0.29) is 5.54 Å². The van der Waals surface area contributed by atoms with Gasteiger partial charge in [-0.3, -0.25) is 4.90 Å². The first-order chi connectivity index (χ1) is 8.55. The summed E-state index contributed by atoms with van der Waals surface area (Å²) in [7, 11) is 2.27. The van der Waals surface area contributed by atoms with E-state index in [4.69, 9.17) is 5.73 Å². The largest absolute Gasteiger partial charge is 0.329 e. The highest BCUT2D eigenvalue weighted by Crippen LogP contribution is 2.28. The van der Waals surface area contributed by atoms with Crippen LogP contribution in [0, 0.1) is 0 Å². The fraction of sp³-hybridized carbons (Fsp3) is 1.00. The van der Waals surface area contributed by atoms with Crippen LogP contribution >= 0.6 is 0 Å². The van der Waals surface area contributed by atoms with E-state index < -0.39 is 0 Å². The minimum atomic E-state index is 0.263. The van der Waals surface area contributed by atoms with Gasteiger partial charge in [0.05, 0.1) is 0 Å². The van der Waals surface area contributed by atoms with E-state index in [1.165, 1.54) is 51.7 Å². The van der Waals surface area contributed by atoms with Crippen molar-refractivity contribution in [1.82, 2.24) is 9.80 Å². The Kier molecular flexibility index (Phi) is 6.61. The Morgan fingerprint density at radius 3 is 2.28 bits per heavy atom. The second kappa shape index (κ2) is 7.46. The zero-order valence-electron chi connectivity index (χ0n) is 12.9. The van der Waals surface area contributed by atoms with Crippen molar-refractivity contribution >= 4 is 0 Å². The second-order valence-corrected chi connectivity index (χ2v) is 6.19. The number of piperidine rings is 1. The molecule has 0 atom stereocenters. The van der Waals surface area contributed by atoms with Gasteiger partial charge in [-0.15, -0.1) is 0 Å². The molecule has 0 aromatic carbocycles. The van der Waals surface area contributed by atoms with Crippen LogP contribution in [-0.2, 0) is 0 Å². The number of likely N-dealkylation sites (N-methyl/N-ethyl adjacent to an activating group) is 1. The molecule has 1 fully saturated rings. The molecule has 1 aliphatic rings. The van der Waals surface area contributed by atoms with Crippen molar-refractivity contribution in [1.29, 1.82) is 0 Å². The van der Waals surface area contributed by atoms with E-state index in [1.807, 2.05) is 0 Å². The molecule has 3 nitrogen and oxygen atoms in total. The van der Waals surface area contributed by atoms with Crippen molar-refractivity contribution in [3.63, 3.8) is 0 Å². The van der Waals surface area contributed by atoms with Crippen molar-refractivity contribution < 1.29 is 0 Å². The molecule has 0 aliphatic carbocycles. The zero-order valence-corrected chi connectivity index (χ0v) is 12.9. The third kappa shape index (κ3) is 3.94. The van der Waals surface area contributed by atoms with Crippen molar-refractivity contribution in [3.05, 3.63) is 0 Å². The fourth-order valence-electron chi connectivity index (χ4n) is 3.03. The highest BCUT2D eigenvalue weighted by molar-refractivity contribution is 4.95. The second-order valence-electron chi connectivity index (χ2n) is 6.19. The molecule has 0 bridgehead atoms. The van der Waals surface area contributed by atoms with Gasteiger partial charge in [0.2, 0.25) is 0 Å². The summed E-state index contributed by atoms with van der Waals surface area (Å²) < 4.78 is 0. The topological polar surface area (TPSA) is 32.5 Å². The summed E-state index contributed by atoms with van der Waals surface area (Å²) in [5, 5.41) is 0. The molecule has 1 heterocycles. The number of likely N-dealkylation sites (tertiary alicyclic amines) is 1. The lowest BCUT2D eigenvalue weighted by Gasteiger charge is -2.48. The molecule has 3 heteroatoms. The van der Waals surface area contributed by atoms with Crippen LogP contribution in [0.15, 0.2) is 0 Å². The Morgan fingerprint density at radius 2 is 1.83 bits per heavy atom. The van der Waals surface area contributed by atoms with Gasteiger partial charge in [0.1, 0.15) is 0 Å². The maximum atomic E-state index is 6.10. The first-order valence-corrected chi connectivity index (χ1v) is 7.71. The molecule has 0 unspecified atom stereocenters. The lowest BCUT2D eigenvalue weighted by atomic mass is 9.85. The predicted molar refractivity (Wildman–Crippen MR) is 79.9 cm³/mol. The summed E-state index contributed by atoms with van der Waals surface area (Å²) in [5.41, 5.74) is 6.37. The van der Waals surface area contributed by atoms with Crippen LogP contribution in [0.25, 0.3) is 0 Å². The summed E-state index contributed by atoms with van der Waals surface area (Å²) in [4.78, 5) is 5.12. The summed E-state index contributed by atoms with van der Waals surface area (Å²) >= 11 is 0. The maximum absolute atomic E-state index is 6.10. The Labute approximate surface area is 114 Å². The molecule has 1 saturated heterocycles. The molecule has 0 saturated carbocycles. The number of rotatable bonds is 7. The summed E-state index contributed by atoms with van der Waals surface area (Å²) in [6.45, 7) is 11.3. The van der Waals surface area contributed by atoms with E-state index in [9.17, 15) is 0 Å². The van der Waals surface area contributed by atoms with E-state index in [0.717, 1.165) is 6.54 Å². The third-order valence-corrected chi connectivity index (χ3v) is 4.75. The molecule has 108 valence electrons. The van der Waals surface area contributed by atoms with Crippen LogP contribution < -0.4 is 5.73 Å². The van der Waals surface area contributed by atoms with Gasteiger partial charge in [0, 0.05) is 31.2 Å². The van der Waals surface area contributed by atoms with Gasteiger partial charge in [-0.05, 0) is 46.7 Å². The molecule has 0 aromatic rings. The zero-order chi connectivity index (χ0) is 13.6. The minimum Gasteiger partial charge on any atom is -0.329 e. The van der Waals surface area contributed by atoms with Crippen LogP contribution in [0.2, 0.25) is 0 Å². The first-order valence-electron chi connectivity index (χ1n) is 7.71. The van der Waals surface area contributed by atoms with Crippen molar-refractivity contribution in [3.8, 4) is 0 Å². The van der Waals surface area contributed by atoms with Crippen LogP contribution in [-0.4, -0.2) is 54.6 Å². The number of unbranched alkanes of at least 4 members (excludes halogenated alkanes) is 2. The van der Waals surface area contributed by atoms with Crippen LogP contribution in [0.3, 0.4) is 0 Å². The normalized spacial score (nSPS) is 20.8. The standard InChI is InChI=1S/C15H33N3/c1-5-6-7-10-17(4)15(13-16)8-11-18(12-9-15)14(2)3/h14H,5-13,16H2,1-4H3. The van der Waals surface area contributed by atoms with Crippen LogP contribution in [0.4, 0.5) is 0 Å². The molecule has 0 radical (unpaired) electrons. The Morgan fingerprint density at radius 1 is 1.22 bits per heavy atom. The lowest BCUT2D eigenvalue weighted by molar-refractivity contribution is 0.0336. The van der Waals surface area contributed by atoms with Crippen molar-refractivity contribution in [2.45, 2.75) is 64.5 Å². The monoisotopic (exact) mass is 255 g/mol. The van der Waals surface area contributed by atoms with Crippen LogP contribution in [0.1, 0.15) is 52.9 Å². The SMILES string of the molecule is CCCCCN(C)C1(CN)CCN(C(C)C)CC1. The molecule has 0 aromatic heterocycles. The fourth-order valence-corrected chi connectivity index (χ4v) is 3.03. The van der Waals surface area contributed by atoms with E-state index in [1.54, 1.807) is 0 Å². The summed E-state index contributed by atoms with van der Waals surface area (Å²) in [5.74, 6) is 0. The highest BCUT2D eigenvalue weighted by Gasteiger charge is 2.36. The Hall–Kier alpha value is -0.120. The maximum Gasteiger partial charge on any atom is 0.0353 e. The average Bonchev–Trinajstić information content (AvgIpc) is 2.38. The molecule has 0 spiro atoms. The van der Waals surface area contributed by atoms with E-state index >= 15 is 0 Å². The van der Waals surface area contributed by atoms with Gasteiger partial charge in [-0.2, -0.15) is 0 Å². The number of hydrogen-bond donors (Lipinski definition) is 1. The van der Waals surface area contributed by atoms with Gasteiger partial charge < -0.3 is 10.6 Å². The molecule has 18 heavy (non-hydrogen) atoms. The molecule has 1 rings (SSSR count). The number of nitrogens with zero attached hydrogens (tertiary/aromatic N) is 2. The average molecular weight is 255 g/mol. The van der Waals surface area contributed by atoms with Gasteiger partial charge in [0.25, 0.3) is 0 Å². The Bertz CT molecular complexity index is 220. The summed E-state index contributed by atoms with van der Waals surface area (Å²) in [6.07, 6.45) is 6.39. The Balaban J connectivity index is 2.48. The highest BCUT2D eigenvalue weighted by atomic mass is 15.2. The quantitative estimate of drug-likeness (QED) is 0.709. The van der Waals surface area contributed by atoms with Crippen molar-refractivity contribution in [2.75, 3.05) is 33.2 Å². The van der Waals surface area contributed by atoms with E-state index in [0.29, 0.717) is 6.04 Å². The lowest BCUT2D eigenvalue weighted by Crippen LogP contribution is -2.59. The molecular weight excluding hydrogens is 222 g/mol. The molecule has 0 amide bonds. The summed E-state index contributed by atoms with van der Waals surface area (Å²) in [6, 6.07) is 0.672. The van der Waals surface area contributed by atoms with Gasteiger partial charge >= 0.3 is 0 Å². The van der Waals surface area contributed by atoms with Gasteiger partial charge in [-0.25, -0.2) is 0 Å². The minimum absolute atomic E-state index is 0.263.